The first-order chi connectivity index (χ1) is 10.1. The first kappa shape index (κ1) is 15.4. The molecule has 1 unspecified atom stereocenters. The fraction of sp³-hybridized carbons (Fsp3) is 0.500. The van der Waals surface area contributed by atoms with E-state index in [1.165, 1.54) is 6.42 Å². The number of nitrogens with zero attached hydrogens (tertiary/aromatic N) is 1. The van der Waals surface area contributed by atoms with E-state index >= 15 is 0 Å². The number of amides is 2. The Kier molecular flexibility index (Phi) is 5.20. The number of carboxylic acids is 1. The van der Waals surface area contributed by atoms with E-state index in [-0.39, 0.29) is 11.6 Å². The number of aromatic carboxylic acids is 1. The van der Waals surface area contributed by atoms with Crippen molar-refractivity contribution in [3.05, 3.63) is 35.4 Å². The smallest absolute Gasteiger partial charge is 0.335 e. The maximum atomic E-state index is 12.1. The lowest BCUT2D eigenvalue weighted by atomic mass is 10.0. The summed E-state index contributed by atoms with van der Waals surface area (Å²) >= 11 is 0. The molecule has 21 heavy (non-hydrogen) atoms. The van der Waals surface area contributed by atoms with Gasteiger partial charge in [-0.25, -0.2) is 9.59 Å². The first-order valence-electron chi connectivity index (χ1n) is 7.41. The van der Waals surface area contributed by atoms with Gasteiger partial charge in [0.1, 0.15) is 0 Å². The van der Waals surface area contributed by atoms with E-state index in [0.717, 1.165) is 31.5 Å². The van der Waals surface area contributed by atoms with Crippen LogP contribution in [-0.4, -0.2) is 35.1 Å². The number of hydrogen-bond donors (Lipinski definition) is 2. The lowest BCUT2D eigenvalue weighted by Crippen LogP contribution is -2.40. The molecule has 1 heterocycles. The minimum absolute atomic E-state index is 0.0357. The van der Waals surface area contributed by atoms with Crippen molar-refractivity contribution in [3.63, 3.8) is 0 Å². The van der Waals surface area contributed by atoms with Crippen LogP contribution in [0.5, 0.6) is 0 Å². The monoisotopic (exact) mass is 290 g/mol. The molecule has 0 saturated carbocycles. The molecule has 2 amide bonds. The number of nitrogens with one attached hydrogen (secondary N) is 1. The number of hydrogen-bond acceptors (Lipinski definition) is 2. The Bertz CT molecular complexity index is 499. The zero-order chi connectivity index (χ0) is 15.2. The second-order valence-electron chi connectivity index (χ2n) is 5.68. The molecule has 1 aromatic carbocycles. The Morgan fingerprint density at radius 3 is 2.62 bits per heavy atom. The molecular weight excluding hydrogens is 268 g/mol. The van der Waals surface area contributed by atoms with Crippen molar-refractivity contribution in [2.45, 2.75) is 32.7 Å². The van der Waals surface area contributed by atoms with Crippen molar-refractivity contribution in [2.24, 2.45) is 5.92 Å². The molecule has 5 heteroatoms. The second kappa shape index (κ2) is 7.11. The summed E-state index contributed by atoms with van der Waals surface area (Å²) in [7, 11) is 0. The molecule has 2 N–H and O–H groups in total. The summed E-state index contributed by atoms with van der Waals surface area (Å²) in [6.45, 7) is 4.27. The van der Waals surface area contributed by atoms with Crippen LogP contribution in [0, 0.1) is 5.92 Å². The van der Waals surface area contributed by atoms with E-state index in [9.17, 15) is 9.59 Å². The van der Waals surface area contributed by atoms with Crippen LogP contribution in [0.1, 0.15) is 42.1 Å². The molecule has 0 spiro atoms. The number of benzene rings is 1. The van der Waals surface area contributed by atoms with Crippen molar-refractivity contribution >= 4 is 12.0 Å². The minimum atomic E-state index is -0.940. The number of carbonyl (C=O) groups is 2. The Morgan fingerprint density at radius 2 is 1.95 bits per heavy atom. The third-order valence-corrected chi connectivity index (χ3v) is 3.95. The van der Waals surface area contributed by atoms with Crippen LogP contribution < -0.4 is 5.32 Å². The van der Waals surface area contributed by atoms with E-state index in [1.54, 1.807) is 24.3 Å². The Balaban J connectivity index is 1.84. The maximum Gasteiger partial charge on any atom is 0.335 e. The van der Waals surface area contributed by atoms with Gasteiger partial charge in [-0.05, 0) is 42.9 Å². The quantitative estimate of drug-likeness (QED) is 0.899. The molecule has 1 atom stereocenters. The fourth-order valence-electron chi connectivity index (χ4n) is 2.52. The van der Waals surface area contributed by atoms with Gasteiger partial charge in [-0.2, -0.15) is 0 Å². The van der Waals surface area contributed by atoms with Crippen LogP contribution in [0.15, 0.2) is 24.3 Å². The zero-order valence-corrected chi connectivity index (χ0v) is 12.3. The van der Waals surface area contributed by atoms with Gasteiger partial charge >= 0.3 is 12.0 Å². The summed E-state index contributed by atoms with van der Waals surface area (Å²) in [5.41, 5.74) is 1.16. The molecule has 1 aliphatic rings. The standard InChI is InChI=1S/C16H22N2O3/c1-12-3-2-9-18(10-8-12)16(21)17-11-13-4-6-14(7-5-13)15(19)20/h4-7,12H,2-3,8-11H2,1H3,(H,17,21)(H,19,20). The van der Waals surface area contributed by atoms with Gasteiger partial charge in [0.15, 0.2) is 0 Å². The molecular formula is C16H22N2O3. The average molecular weight is 290 g/mol. The zero-order valence-electron chi connectivity index (χ0n) is 12.3. The SMILES string of the molecule is CC1CCCN(C(=O)NCc2ccc(C(=O)O)cc2)CC1. The molecule has 5 nitrogen and oxygen atoms in total. The van der Waals surface area contributed by atoms with E-state index in [4.69, 9.17) is 5.11 Å². The maximum absolute atomic E-state index is 12.1. The third kappa shape index (κ3) is 4.48. The normalized spacial score (nSPS) is 18.9. The highest BCUT2D eigenvalue weighted by molar-refractivity contribution is 5.87. The highest BCUT2D eigenvalue weighted by atomic mass is 16.4. The van der Waals surface area contributed by atoms with Gasteiger partial charge in [-0.15, -0.1) is 0 Å². The topological polar surface area (TPSA) is 69.6 Å². The third-order valence-electron chi connectivity index (χ3n) is 3.95. The van der Waals surface area contributed by atoms with E-state index < -0.39 is 5.97 Å². The Morgan fingerprint density at radius 1 is 1.24 bits per heavy atom. The fourth-order valence-corrected chi connectivity index (χ4v) is 2.52. The molecule has 0 bridgehead atoms. The lowest BCUT2D eigenvalue weighted by molar-refractivity contribution is 0.0697. The van der Waals surface area contributed by atoms with Crippen molar-refractivity contribution in [3.8, 4) is 0 Å². The summed E-state index contributed by atoms with van der Waals surface area (Å²) in [5, 5.41) is 11.7. The summed E-state index contributed by atoms with van der Waals surface area (Å²) < 4.78 is 0. The highest BCUT2D eigenvalue weighted by Crippen LogP contribution is 2.16. The summed E-state index contributed by atoms with van der Waals surface area (Å²) in [4.78, 5) is 24.8. The minimum Gasteiger partial charge on any atom is -0.478 e. The highest BCUT2D eigenvalue weighted by Gasteiger charge is 2.17. The molecule has 0 aliphatic carbocycles. The molecule has 1 saturated heterocycles. The van der Waals surface area contributed by atoms with E-state index in [0.29, 0.717) is 12.5 Å². The summed E-state index contributed by atoms with van der Waals surface area (Å²) in [6, 6.07) is 6.53. The number of carbonyl (C=O) groups excluding carboxylic acids is 1. The molecule has 1 aromatic rings. The summed E-state index contributed by atoms with van der Waals surface area (Å²) in [6.07, 6.45) is 3.29. The number of rotatable bonds is 3. The predicted octanol–water partition coefficient (Wildman–Crippen LogP) is 2.72. The molecule has 0 radical (unpaired) electrons. The molecule has 1 fully saturated rings. The molecule has 2 rings (SSSR count). The summed E-state index contributed by atoms with van der Waals surface area (Å²) in [5.74, 6) is -0.254. The lowest BCUT2D eigenvalue weighted by Gasteiger charge is -2.21. The van der Waals surface area contributed by atoms with Crippen molar-refractivity contribution in [2.75, 3.05) is 13.1 Å². The van der Waals surface area contributed by atoms with Gasteiger partial charge in [0.25, 0.3) is 0 Å². The largest absolute Gasteiger partial charge is 0.478 e. The van der Waals surface area contributed by atoms with Crippen LogP contribution in [-0.2, 0) is 6.54 Å². The van der Waals surface area contributed by atoms with Crippen molar-refractivity contribution in [1.82, 2.24) is 10.2 Å². The van der Waals surface area contributed by atoms with Crippen LogP contribution >= 0.6 is 0 Å². The van der Waals surface area contributed by atoms with Crippen LogP contribution in [0.2, 0.25) is 0 Å². The molecule has 1 aliphatic heterocycles. The van der Waals surface area contributed by atoms with Crippen LogP contribution in [0.3, 0.4) is 0 Å². The second-order valence-corrected chi connectivity index (χ2v) is 5.68. The van der Waals surface area contributed by atoms with Gasteiger partial charge in [0.2, 0.25) is 0 Å². The Hall–Kier alpha value is -2.04. The van der Waals surface area contributed by atoms with Crippen LogP contribution in [0.25, 0.3) is 0 Å². The first-order valence-corrected chi connectivity index (χ1v) is 7.41. The van der Waals surface area contributed by atoms with Crippen molar-refractivity contribution in [1.29, 1.82) is 0 Å². The van der Waals surface area contributed by atoms with E-state index in [1.807, 2.05) is 4.90 Å². The van der Waals surface area contributed by atoms with Gasteiger partial charge in [-0.3, -0.25) is 0 Å². The van der Waals surface area contributed by atoms with Gasteiger partial charge in [-0.1, -0.05) is 19.1 Å². The molecule has 114 valence electrons. The van der Waals surface area contributed by atoms with Crippen molar-refractivity contribution < 1.29 is 14.7 Å². The molecule has 0 aromatic heterocycles. The Labute approximate surface area is 125 Å². The van der Waals surface area contributed by atoms with Gasteiger partial charge in [0.05, 0.1) is 5.56 Å². The van der Waals surface area contributed by atoms with Gasteiger partial charge in [0, 0.05) is 19.6 Å². The number of urea groups is 1. The average Bonchev–Trinajstić information content (AvgIpc) is 2.70. The van der Waals surface area contributed by atoms with Crippen LogP contribution in [0.4, 0.5) is 4.79 Å². The number of carboxylic acid groups (broad SMARTS) is 1. The number of likely N-dealkylation sites (tertiary alicyclic amines) is 1. The van der Waals surface area contributed by atoms with E-state index in [2.05, 4.69) is 12.2 Å². The van der Waals surface area contributed by atoms with Gasteiger partial charge < -0.3 is 15.3 Å². The predicted molar refractivity (Wildman–Crippen MR) is 80.2 cm³/mol.